The second-order valence-electron chi connectivity index (χ2n) is 3.40. The zero-order valence-electron chi connectivity index (χ0n) is 10.2. The van der Waals surface area contributed by atoms with E-state index in [1.165, 1.54) is 21.6 Å². The molecule has 1 aromatic heterocycles. The van der Waals surface area contributed by atoms with Gasteiger partial charge in [0.15, 0.2) is 0 Å². The fourth-order valence-electron chi connectivity index (χ4n) is 1.16. The normalized spacial score (nSPS) is 8.50. The summed E-state index contributed by atoms with van der Waals surface area (Å²) in [5, 5.41) is 9.02. The Hall–Kier alpha value is -1.35. The summed E-state index contributed by atoms with van der Waals surface area (Å²) in [6, 6.07) is 6.34. The Morgan fingerprint density at radius 2 is 1.69 bits per heavy atom. The maximum absolute atomic E-state index is 8.36. The maximum atomic E-state index is 8.36. The first-order valence-electron chi connectivity index (χ1n) is 4.97. The van der Waals surface area contributed by atoms with Crippen molar-refractivity contribution in [1.29, 1.82) is 0 Å². The molecule has 0 aliphatic rings. The third-order valence-corrected chi connectivity index (χ3v) is 3.42. The summed E-state index contributed by atoms with van der Waals surface area (Å²) < 4.78 is 0. The van der Waals surface area contributed by atoms with Crippen molar-refractivity contribution in [1.82, 2.24) is 0 Å². The largest absolute Gasteiger partial charge is 0.483 e. The van der Waals surface area contributed by atoms with Crippen molar-refractivity contribution in [2.75, 3.05) is 0 Å². The highest BCUT2D eigenvalue weighted by Gasteiger charge is 1.95. The summed E-state index contributed by atoms with van der Waals surface area (Å²) in [7, 11) is 0. The molecule has 1 N–H and O–H groups in total. The maximum Gasteiger partial charge on any atom is 0.290 e. The summed E-state index contributed by atoms with van der Waals surface area (Å²) in [5.74, 6) is 0. The zero-order chi connectivity index (χ0) is 12.6. The van der Waals surface area contributed by atoms with E-state index < -0.39 is 0 Å². The van der Waals surface area contributed by atoms with Gasteiger partial charge >= 0.3 is 0 Å². The lowest BCUT2D eigenvalue weighted by Gasteiger charge is -2.00. The van der Waals surface area contributed by atoms with Crippen LogP contribution in [0, 0.1) is 27.7 Å². The Balaban J connectivity index is 0.000000673. The molecule has 1 aromatic rings. The highest BCUT2D eigenvalue weighted by molar-refractivity contribution is 7.09. The SMILES string of the molecule is Cc1ccccsc(C)c(C)c1C.O=CO. The average molecular weight is 238 g/mol. The predicted molar refractivity (Wildman–Crippen MR) is 69.6 cm³/mol. The summed E-state index contributed by atoms with van der Waals surface area (Å²) in [5.41, 5.74) is 4.15. The molecule has 0 unspecified atom stereocenters. The molecule has 0 atom stereocenters. The van der Waals surface area contributed by atoms with Gasteiger partial charge in [0.2, 0.25) is 0 Å². The highest BCUT2D eigenvalue weighted by atomic mass is 32.1. The molecule has 0 spiro atoms. The van der Waals surface area contributed by atoms with Crippen molar-refractivity contribution < 1.29 is 9.90 Å². The second-order valence-corrected chi connectivity index (χ2v) is 4.52. The molecule has 0 saturated heterocycles. The molecule has 0 fully saturated rings. The van der Waals surface area contributed by atoms with Crippen molar-refractivity contribution in [2.45, 2.75) is 27.7 Å². The van der Waals surface area contributed by atoms with Crippen LogP contribution in [0.1, 0.15) is 21.6 Å². The van der Waals surface area contributed by atoms with Crippen molar-refractivity contribution >= 4 is 17.8 Å². The lowest BCUT2D eigenvalue weighted by molar-refractivity contribution is -0.122. The van der Waals surface area contributed by atoms with E-state index in [-0.39, 0.29) is 6.47 Å². The van der Waals surface area contributed by atoms with Crippen LogP contribution < -0.4 is 0 Å². The van der Waals surface area contributed by atoms with Gasteiger partial charge in [-0.3, -0.25) is 4.79 Å². The molecule has 3 heteroatoms. The minimum absolute atomic E-state index is 0.250. The van der Waals surface area contributed by atoms with Crippen molar-refractivity contribution in [3.63, 3.8) is 0 Å². The summed E-state index contributed by atoms with van der Waals surface area (Å²) in [6.45, 7) is 8.46. The van der Waals surface area contributed by atoms with Gasteiger partial charge < -0.3 is 5.11 Å². The van der Waals surface area contributed by atoms with E-state index in [0.717, 1.165) is 0 Å². The molecule has 0 aromatic carbocycles. The third-order valence-electron chi connectivity index (χ3n) is 2.46. The van der Waals surface area contributed by atoms with Gasteiger partial charge in [0.25, 0.3) is 6.47 Å². The topological polar surface area (TPSA) is 37.3 Å². The molecule has 0 aliphatic carbocycles. The molecule has 1 heterocycles. The van der Waals surface area contributed by atoms with E-state index in [1.807, 2.05) is 0 Å². The first-order valence-corrected chi connectivity index (χ1v) is 5.85. The van der Waals surface area contributed by atoms with Gasteiger partial charge in [0.05, 0.1) is 0 Å². The monoisotopic (exact) mass is 238 g/mol. The van der Waals surface area contributed by atoms with Crippen LogP contribution in [0.3, 0.4) is 0 Å². The molecule has 0 amide bonds. The third kappa shape index (κ3) is 4.94. The van der Waals surface area contributed by atoms with Crippen LogP contribution in [-0.2, 0) is 4.79 Å². The molecule has 2 nitrogen and oxygen atoms in total. The van der Waals surface area contributed by atoms with Crippen molar-refractivity contribution in [3.05, 3.63) is 45.1 Å². The van der Waals surface area contributed by atoms with E-state index in [1.54, 1.807) is 11.3 Å². The number of hydrogen-bond donors (Lipinski definition) is 1. The predicted octanol–water partition coefficient (Wildman–Crippen LogP) is 3.81. The summed E-state index contributed by atoms with van der Waals surface area (Å²) in [6.07, 6.45) is 0. The molecule has 0 aliphatic heterocycles. The first kappa shape index (κ1) is 14.6. The number of aryl methyl sites for hydroxylation is 2. The van der Waals surface area contributed by atoms with Crippen LogP contribution in [0.4, 0.5) is 0 Å². The Morgan fingerprint density at radius 1 is 1.12 bits per heavy atom. The van der Waals surface area contributed by atoms with Gasteiger partial charge in [0.1, 0.15) is 0 Å². The van der Waals surface area contributed by atoms with Gasteiger partial charge in [-0.05, 0) is 49.8 Å². The number of rotatable bonds is 0. The van der Waals surface area contributed by atoms with E-state index in [2.05, 4.69) is 51.3 Å². The molecular weight excluding hydrogens is 220 g/mol. The zero-order valence-corrected chi connectivity index (χ0v) is 11.0. The smallest absolute Gasteiger partial charge is 0.290 e. The number of hydrogen-bond acceptors (Lipinski definition) is 2. The summed E-state index contributed by atoms with van der Waals surface area (Å²) >= 11 is 1.79. The molecule has 0 bridgehead atoms. The van der Waals surface area contributed by atoms with Crippen LogP contribution in [0.2, 0.25) is 0 Å². The molecule has 1 rings (SSSR count). The molecule has 0 radical (unpaired) electrons. The van der Waals surface area contributed by atoms with E-state index in [0.29, 0.717) is 0 Å². The van der Waals surface area contributed by atoms with E-state index in [4.69, 9.17) is 9.90 Å². The van der Waals surface area contributed by atoms with Gasteiger partial charge in [-0.2, -0.15) is 0 Å². The minimum atomic E-state index is -0.250. The average Bonchev–Trinajstić information content (AvgIpc) is 2.30. The Kier molecular flexibility index (Phi) is 7.21. The van der Waals surface area contributed by atoms with Crippen LogP contribution >= 0.6 is 11.3 Å². The Bertz CT molecular complexity index is 360. The van der Waals surface area contributed by atoms with Crippen LogP contribution in [-0.4, -0.2) is 11.6 Å². The second kappa shape index (κ2) is 7.88. The Morgan fingerprint density at radius 3 is 2.25 bits per heavy atom. The number of carbonyl (C=O) groups is 1. The number of carboxylic acid groups (broad SMARTS) is 1. The van der Waals surface area contributed by atoms with E-state index >= 15 is 0 Å². The standard InChI is InChI=1S/C12H16S.CH2O2/c1-9-7-5-6-8-13-12(4)11(3)10(9)2;2-1-3/h5-8H,1-4H3;1H,(H,2,3). The quantitative estimate of drug-likeness (QED) is 0.698. The van der Waals surface area contributed by atoms with Gasteiger partial charge in [-0.25, -0.2) is 0 Å². The van der Waals surface area contributed by atoms with Crippen molar-refractivity contribution in [2.24, 2.45) is 0 Å². The summed E-state index contributed by atoms with van der Waals surface area (Å²) in [4.78, 5) is 9.75. The molecule has 88 valence electrons. The van der Waals surface area contributed by atoms with E-state index in [9.17, 15) is 0 Å². The molecular formula is C13H18O2S. The fraction of sp³-hybridized carbons (Fsp3) is 0.308. The van der Waals surface area contributed by atoms with Crippen molar-refractivity contribution in [3.8, 4) is 0 Å². The minimum Gasteiger partial charge on any atom is -0.483 e. The van der Waals surface area contributed by atoms with Gasteiger partial charge in [-0.15, -0.1) is 11.3 Å². The Labute approximate surface area is 101 Å². The van der Waals surface area contributed by atoms with Gasteiger partial charge in [0, 0.05) is 4.88 Å². The highest BCUT2D eigenvalue weighted by Crippen LogP contribution is 2.15. The molecule has 16 heavy (non-hydrogen) atoms. The lowest BCUT2D eigenvalue weighted by atomic mass is 10.1. The fourth-order valence-corrected chi connectivity index (χ4v) is 1.86. The van der Waals surface area contributed by atoms with Crippen LogP contribution in [0.5, 0.6) is 0 Å². The lowest BCUT2D eigenvalue weighted by Crippen LogP contribution is -1.82. The molecule has 0 saturated carbocycles. The first-order chi connectivity index (χ1) is 7.54. The van der Waals surface area contributed by atoms with Gasteiger partial charge in [-0.1, -0.05) is 18.2 Å². The van der Waals surface area contributed by atoms with Crippen LogP contribution in [0.15, 0.2) is 23.6 Å². The van der Waals surface area contributed by atoms with Crippen LogP contribution in [0.25, 0.3) is 0 Å².